The van der Waals surface area contributed by atoms with Gasteiger partial charge in [-0.2, -0.15) is 0 Å². The van der Waals surface area contributed by atoms with Crippen molar-refractivity contribution in [2.45, 2.75) is 68.7 Å². The predicted octanol–water partition coefficient (Wildman–Crippen LogP) is 4.53. The molecule has 3 aliphatic heterocycles. The molecule has 3 aromatic carbocycles. The van der Waals surface area contributed by atoms with Crippen LogP contribution in [-0.4, -0.2) is 74.1 Å². The molecule has 47 heavy (non-hydrogen) atoms. The maximum Gasteiger partial charge on any atom is 0.251 e. The van der Waals surface area contributed by atoms with Gasteiger partial charge in [0.25, 0.3) is 5.91 Å². The summed E-state index contributed by atoms with van der Waals surface area (Å²) in [5.74, 6) is -0.240. The molecule has 0 aromatic heterocycles. The number of carbonyl (C=O) groups is 2. The summed E-state index contributed by atoms with van der Waals surface area (Å²) in [7, 11) is 0. The van der Waals surface area contributed by atoms with Crippen molar-refractivity contribution in [2.75, 3.05) is 49.2 Å². The van der Waals surface area contributed by atoms with Gasteiger partial charge >= 0.3 is 0 Å². The Morgan fingerprint density at radius 1 is 1.02 bits per heavy atom. The van der Waals surface area contributed by atoms with Gasteiger partial charge in [0, 0.05) is 61.9 Å². The topological polar surface area (TPSA) is 103 Å². The van der Waals surface area contributed by atoms with Gasteiger partial charge < -0.3 is 35.0 Å². The third-order valence-corrected chi connectivity index (χ3v) is 10.1. The van der Waals surface area contributed by atoms with Gasteiger partial charge in [0.1, 0.15) is 17.2 Å². The summed E-state index contributed by atoms with van der Waals surface area (Å²) in [5.41, 5.74) is 3.35. The van der Waals surface area contributed by atoms with Crippen molar-refractivity contribution >= 4 is 23.2 Å². The number of aliphatic hydroxyl groups excluding tert-OH is 1. The number of rotatable bonds is 10. The molecule has 1 unspecified atom stereocenters. The van der Waals surface area contributed by atoms with Crippen LogP contribution in [0.2, 0.25) is 0 Å². The molecule has 2 saturated heterocycles. The Morgan fingerprint density at radius 2 is 1.83 bits per heavy atom. The summed E-state index contributed by atoms with van der Waals surface area (Å²) in [4.78, 5) is 29.7. The standard InChI is InChI=1S/C37H43FN4O5/c38-29-11-9-26(21-32(29)42-15-4-8-35(42)44)36(45)40-30(20-25-6-2-1-3-7-25)33(43)24-39-31-23-37(13-5-14-37)47-34-12-10-27(22-28(31)34)41-16-18-46-19-17-41/h1-3,6-7,9-12,21-22,30-31,33,39,43H,4-5,8,13-20,23-24H2,(H,40,45)/t30?,31-,33+/m0/s1. The molecule has 3 atom stereocenters. The average Bonchev–Trinajstić information content (AvgIpc) is 3.52. The molecule has 1 spiro atoms. The molecule has 9 nitrogen and oxygen atoms in total. The molecule has 2 amide bonds. The minimum atomic E-state index is -0.926. The number of halogens is 1. The lowest BCUT2D eigenvalue weighted by Gasteiger charge is -2.48. The lowest BCUT2D eigenvalue weighted by Crippen LogP contribution is -2.52. The van der Waals surface area contributed by atoms with Gasteiger partial charge in [0.2, 0.25) is 5.91 Å². The van der Waals surface area contributed by atoms with E-state index in [1.54, 1.807) is 0 Å². The predicted molar refractivity (Wildman–Crippen MR) is 177 cm³/mol. The number of ether oxygens (including phenoxy) is 2. The van der Waals surface area contributed by atoms with Crippen LogP contribution >= 0.6 is 0 Å². The molecule has 3 fully saturated rings. The van der Waals surface area contributed by atoms with Crippen LogP contribution in [0.1, 0.15) is 66.1 Å². The molecule has 10 heteroatoms. The molecule has 3 heterocycles. The van der Waals surface area contributed by atoms with Crippen LogP contribution in [0.3, 0.4) is 0 Å². The molecule has 1 saturated carbocycles. The monoisotopic (exact) mass is 642 g/mol. The van der Waals surface area contributed by atoms with E-state index in [1.165, 1.54) is 23.1 Å². The second-order valence-corrected chi connectivity index (χ2v) is 13.3. The number of hydrogen-bond donors (Lipinski definition) is 3. The van der Waals surface area contributed by atoms with E-state index in [2.05, 4.69) is 33.7 Å². The number of aliphatic hydroxyl groups is 1. The van der Waals surface area contributed by atoms with E-state index >= 15 is 0 Å². The van der Waals surface area contributed by atoms with E-state index in [-0.39, 0.29) is 35.3 Å². The number of anilines is 2. The van der Waals surface area contributed by atoms with Crippen molar-refractivity contribution < 1.29 is 28.6 Å². The first-order chi connectivity index (χ1) is 22.9. The fourth-order valence-electron chi connectivity index (χ4n) is 7.31. The summed E-state index contributed by atoms with van der Waals surface area (Å²) in [6.45, 7) is 3.75. The smallest absolute Gasteiger partial charge is 0.251 e. The number of nitrogens with one attached hydrogen (secondary N) is 2. The Morgan fingerprint density at radius 3 is 2.55 bits per heavy atom. The molecule has 248 valence electrons. The van der Waals surface area contributed by atoms with Crippen LogP contribution in [0.25, 0.3) is 0 Å². The number of hydrogen-bond acceptors (Lipinski definition) is 7. The molecule has 1 aliphatic carbocycles. The number of nitrogens with zero attached hydrogens (tertiary/aromatic N) is 2. The van der Waals surface area contributed by atoms with Crippen LogP contribution < -0.4 is 25.2 Å². The van der Waals surface area contributed by atoms with E-state index in [1.807, 2.05) is 30.3 Å². The lowest BCUT2D eigenvalue weighted by atomic mass is 9.73. The number of amides is 2. The van der Waals surface area contributed by atoms with Gasteiger partial charge in [-0.1, -0.05) is 30.3 Å². The normalized spacial score (nSPS) is 21.5. The highest BCUT2D eigenvalue weighted by Crippen LogP contribution is 2.49. The van der Waals surface area contributed by atoms with Gasteiger partial charge in [-0.3, -0.25) is 9.59 Å². The van der Waals surface area contributed by atoms with Gasteiger partial charge in [0.15, 0.2) is 0 Å². The highest BCUT2D eigenvalue weighted by Gasteiger charge is 2.46. The van der Waals surface area contributed by atoms with Crippen LogP contribution in [-0.2, 0) is 16.0 Å². The Balaban J connectivity index is 1.10. The summed E-state index contributed by atoms with van der Waals surface area (Å²) in [6.07, 6.45) is 4.46. The number of fused-ring (bicyclic) bond motifs is 1. The van der Waals surface area contributed by atoms with Crippen molar-refractivity contribution in [3.05, 3.63) is 89.2 Å². The van der Waals surface area contributed by atoms with E-state index in [9.17, 15) is 19.1 Å². The third-order valence-electron chi connectivity index (χ3n) is 10.1. The Labute approximate surface area is 275 Å². The fourth-order valence-corrected chi connectivity index (χ4v) is 7.31. The zero-order chi connectivity index (χ0) is 32.4. The van der Waals surface area contributed by atoms with Gasteiger partial charge in [-0.05, 0) is 74.1 Å². The maximum absolute atomic E-state index is 14.7. The third kappa shape index (κ3) is 6.86. The zero-order valence-corrected chi connectivity index (χ0v) is 26.6. The molecule has 7 rings (SSSR count). The van der Waals surface area contributed by atoms with Crippen molar-refractivity contribution in [1.29, 1.82) is 0 Å². The molecular formula is C37H43FN4O5. The first-order valence-electron chi connectivity index (χ1n) is 16.9. The van der Waals surface area contributed by atoms with Crippen molar-refractivity contribution in [1.82, 2.24) is 10.6 Å². The lowest BCUT2D eigenvalue weighted by molar-refractivity contribution is -0.117. The Kier molecular flexibility index (Phi) is 9.16. The van der Waals surface area contributed by atoms with Gasteiger partial charge in [-0.25, -0.2) is 4.39 Å². The van der Waals surface area contributed by atoms with E-state index in [0.717, 1.165) is 61.3 Å². The summed E-state index contributed by atoms with van der Waals surface area (Å²) >= 11 is 0. The molecule has 3 N–H and O–H groups in total. The van der Waals surface area contributed by atoms with E-state index < -0.39 is 23.9 Å². The highest BCUT2D eigenvalue weighted by atomic mass is 19.1. The number of morpholine rings is 1. The van der Waals surface area contributed by atoms with Crippen molar-refractivity contribution in [2.24, 2.45) is 0 Å². The number of benzene rings is 3. The number of carbonyl (C=O) groups excluding carboxylic acids is 2. The quantitative estimate of drug-likeness (QED) is 0.299. The zero-order valence-electron chi connectivity index (χ0n) is 26.6. The first-order valence-corrected chi connectivity index (χ1v) is 16.9. The van der Waals surface area contributed by atoms with Gasteiger partial charge in [0.05, 0.1) is 31.0 Å². The van der Waals surface area contributed by atoms with E-state index in [0.29, 0.717) is 39.0 Å². The SMILES string of the molecule is O=C(NC(Cc1ccccc1)[C@H](O)CN[C@H]1CC2(CCC2)Oc2ccc(N3CCOCC3)cc21)c1ccc(F)c(N2CCCC2=O)c1. The molecular weight excluding hydrogens is 599 g/mol. The molecule has 3 aromatic rings. The Bertz CT molecular complexity index is 1590. The molecule has 0 radical (unpaired) electrons. The minimum absolute atomic E-state index is 0.0274. The van der Waals surface area contributed by atoms with Crippen molar-refractivity contribution in [3.8, 4) is 5.75 Å². The highest BCUT2D eigenvalue weighted by molar-refractivity contribution is 5.99. The first kappa shape index (κ1) is 31.6. The second-order valence-electron chi connectivity index (χ2n) is 13.3. The van der Waals surface area contributed by atoms with Crippen LogP contribution in [0.15, 0.2) is 66.7 Å². The summed E-state index contributed by atoms with van der Waals surface area (Å²) in [6, 6.07) is 19.6. The van der Waals surface area contributed by atoms with E-state index in [4.69, 9.17) is 9.47 Å². The Hall–Kier alpha value is -3.99. The minimum Gasteiger partial charge on any atom is -0.487 e. The van der Waals surface area contributed by atoms with Crippen molar-refractivity contribution in [3.63, 3.8) is 0 Å². The van der Waals surface area contributed by atoms with Crippen LogP contribution in [0, 0.1) is 5.82 Å². The summed E-state index contributed by atoms with van der Waals surface area (Å²) in [5, 5.41) is 18.3. The summed E-state index contributed by atoms with van der Waals surface area (Å²) < 4.78 is 26.9. The van der Waals surface area contributed by atoms with Gasteiger partial charge in [-0.15, -0.1) is 0 Å². The molecule has 0 bridgehead atoms. The van der Waals surface area contributed by atoms with Crippen LogP contribution in [0.5, 0.6) is 5.75 Å². The fraction of sp³-hybridized carbons (Fsp3) is 0.459. The largest absolute Gasteiger partial charge is 0.487 e. The second kappa shape index (κ2) is 13.6. The average molecular weight is 643 g/mol. The van der Waals surface area contributed by atoms with Crippen LogP contribution in [0.4, 0.5) is 15.8 Å². The molecule has 4 aliphatic rings. The maximum atomic E-state index is 14.7.